The standard InChI is InChI=1S/C27H40N2O8/c1-15(2)27(34)29(8-6-10-36-16(3)4)20-13-19(26(33)28-7-9-30)22-18-11-17(14-31)12-21(35-5)24(18)37-25(22)23(20)32/h11-13,15-16,20,22-23,25,30-32H,6-10,14H2,1-5H3,(H,28,33)/t20-,22+,23+,25+/m1/s1. The molecular formula is C27H40N2O8. The summed E-state index contributed by atoms with van der Waals surface area (Å²) in [7, 11) is 1.48. The summed E-state index contributed by atoms with van der Waals surface area (Å²) in [4.78, 5) is 28.2. The Morgan fingerprint density at radius 2 is 1.92 bits per heavy atom. The summed E-state index contributed by atoms with van der Waals surface area (Å²) in [5.41, 5.74) is 1.52. The summed E-state index contributed by atoms with van der Waals surface area (Å²) in [6.07, 6.45) is 0.252. The number of rotatable bonds is 12. The Bertz CT molecular complexity index is 993. The number of aliphatic hydroxyl groups is 3. The molecule has 0 fully saturated rings. The highest BCUT2D eigenvalue weighted by molar-refractivity contribution is 5.96. The number of benzene rings is 1. The van der Waals surface area contributed by atoms with Gasteiger partial charge in [-0.15, -0.1) is 0 Å². The van der Waals surface area contributed by atoms with Crippen LogP contribution in [0.25, 0.3) is 0 Å². The number of hydrogen-bond acceptors (Lipinski definition) is 8. The maximum absolute atomic E-state index is 13.3. The highest BCUT2D eigenvalue weighted by Gasteiger charge is 2.51. The van der Waals surface area contributed by atoms with E-state index in [-0.39, 0.29) is 37.7 Å². The van der Waals surface area contributed by atoms with Crippen LogP contribution in [0.5, 0.6) is 11.5 Å². The lowest BCUT2D eigenvalue weighted by Crippen LogP contribution is -2.56. The third-order valence-electron chi connectivity index (χ3n) is 6.63. The van der Waals surface area contributed by atoms with Crippen LogP contribution in [-0.2, 0) is 20.9 Å². The first-order valence-electron chi connectivity index (χ1n) is 12.8. The van der Waals surface area contributed by atoms with Gasteiger partial charge < -0.3 is 39.7 Å². The fourth-order valence-electron chi connectivity index (χ4n) is 4.91. The number of hydrogen-bond donors (Lipinski definition) is 4. The Morgan fingerprint density at radius 3 is 2.51 bits per heavy atom. The molecule has 1 heterocycles. The van der Waals surface area contributed by atoms with Crippen LogP contribution < -0.4 is 14.8 Å². The van der Waals surface area contributed by atoms with Crippen molar-refractivity contribution in [2.24, 2.45) is 5.92 Å². The smallest absolute Gasteiger partial charge is 0.247 e. The van der Waals surface area contributed by atoms with E-state index in [1.807, 2.05) is 13.8 Å². The highest BCUT2D eigenvalue weighted by Crippen LogP contribution is 2.51. The van der Waals surface area contributed by atoms with Gasteiger partial charge in [0.2, 0.25) is 11.8 Å². The molecule has 206 valence electrons. The van der Waals surface area contributed by atoms with Crippen LogP contribution in [0.4, 0.5) is 0 Å². The van der Waals surface area contributed by atoms with Crippen LogP contribution >= 0.6 is 0 Å². The molecule has 0 unspecified atom stereocenters. The van der Waals surface area contributed by atoms with Gasteiger partial charge in [-0.25, -0.2) is 0 Å². The number of ether oxygens (including phenoxy) is 3. The number of amides is 2. The molecule has 0 radical (unpaired) electrons. The first-order chi connectivity index (χ1) is 17.6. The van der Waals surface area contributed by atoms with Gasteiger partial charge in [0.15, 0.2) is 11.5 Å². The van der Waals surface area contributed by atoms with Gasteiger partial charge in [0, 0.05) is 36.8 Å². The minimum absolute atomic E-state index is 0.0513. The van der Waals surface area contributed by atoms with Crippen LogP contribution in [0.2, 0.25) is 0 Å². The maximum Gasteiger partial charge on any atom is 0.247 e. The number of methoxy groups -OCH3 is 1. The Balaban J connectivity index is 2.05. The Hall–Kier alpha value is -2.66. The first kappa shape index (κ1) is 28.9. The second-order valence-corrected chi connectivity index (χ2v) is 9.98. The van der Waals surface area contributed by atoms with E-state index in [0.717, 1.165) is 0 Å². The first-order valence-corrected chi connectivity index (χ1v) is 12.8. The van der Waals surface area contributed by atoms with Gasteiger partial charge in [-0.1, -0.05) is 13.8 Å². The van der Waals surface area contributed by atoms with Crippen molar-refractivity contribution < 1.29 is 39.1 Å². The number of aliphatic hydroxyl groups excluding tert-OH is 3. The molecule has 0 saturated heterocycles. The predicted octanol–water partition coefficient (Wildman–Crippen LogP) is 1.11. The SMILES string of the molecule is COc1cc(CO)cc2c1O[C@@H]1[C@@H](O)[C@H](N(CCCOC(C)C)C(=O)C(C)C)C=C(C(=O)NCCO)[C@H]21. The molecule has 0 saturated carbocycles. The molecule has 2 amide bonds. The average molecular weight is 521 g/mol. The minimum atomic E-state index is -1.14. The average Bonchev–Trinajstić information content (AvgIpc) is 3.27. The minimum Gasteiger partial charge on any atom is -0.493 e. The van der Waals surface area contributed by atoms with Crippen molar-refractivity contribution in [3.63, 3.8) is 0 Å². The van der Waals surface area contributed by atoms with Gasteiger partial charge >= 0.3 is 0 Å². The van der Waals surface area contributed by atoms with Gasteiger partial charge in [-0.05, 0) is 44.0 Å². The van der Waals surface area contributed by atoms with Crippen molar-refractivity contribution in [3.05, 3.63) is 34.9 Å². The quantitative estimate of drug-likeness (QED) is 0.301. The molecule has 10 nitrogen and oxygen atoms in total. The zero-order chi connectivity index (χ0) is 27.3. The lowest BCUT2D eigenvalue weighted by atomic mass is 9.77. The monoisotopic (exact) mass is 520 g/mol. The lowest BCUT2D eigenvalue weighted by molar-refractivity contribution is -0.140. The molecule has 10 heteroatoms. The molecule has 0 aromatic heterocycles. The van der Waals surface area contributed by atoms with E-state index >= 15 is 0 Å². The number of carbonyl (C=O) groups excluding carboxylic acids is 2. The Labute approximate surface area is 218 Å². The third kappa shape index (κ3) is 6.26. The molecule has 2 aliphatic rings. The molecule has 3 rings (SSSR count). The van der Waals surface area contributed by atoms with E-state index in [0.29, 0.717) is 47.8 Å². The summed E-state index contributed by atoms with van der Waals surface area (Å²) in [5, 5.41) is 33.3. The highest BCUT2D eigenvalue weighted by atomic mass is 16.5. The number of nitrogens with one attached hydrogen (secondary N) is 1. The van der Waals surface area contributed by atoms with Gasteiger partial charge in [0.25, 0.3) is 0 Å². The molecule has 4 atom stereocenters. The van der Waals surface area contributed by atoms with E-state index in [2.05, 4.69) is 5.32 Å². The van der Waals surface area contributed by atoms with E-state index in [1.54, 1.807) is 37.0 Å². The molecule has 1 aliphatic carbocycles. The second kappa shape index (κ2) is 12.7. The molecule has 1 aliphatic heterocycles. The molecule has 4 N–H and O–H groups in total. The fraction of sp³-hybridized carbons (Fsp3) is 0.630. The third-order valence-corrected chi connectivity index (χ3v) is 6.63. The van der Waals surface area contributed by atoms with Crippen molar-refractivity contribution in [2.45, 2.75) is 71.0 Å². The summed E-state index contributed by atoms with van der Waals surface area (Å²) in [6, 6.07) is 2.57. The zero-order valence-corrected chi connectivity index (χ0v) is 22.3. The maximum atomic E-state index is 13.3. The molecule has 37 heavy (non-hydrogen) atoms. The summed E-state index contributed by atoms with van der Waals surface area (Å²) < 4.78 is 17.3. The fourth-order valence-corrected chi connectivity index (χ4v) is 4.91. The Morgan fingerprint density at radius 1 is 1.19 bits per heavy atom. The van der Waals surface area contributed by atoms with Crippen molar-refractivity contribution in [3.8, 4) is 11.5 Å². The topological polar surface area (TPSA) is 138 Å². The largest absolute Gasteiger partial charge is 0.493 e. The van der Waals surface area contributed by atoms with Crippen LogP contribution in [0.3, 0.4) is 0 Å². The van der Waals surface area contributed by atoms with Crippen molar-refractivity contribution >= 4 is 11.8 Å². The van der Waals surface area contributed by atoms with E-state index < -0.39 is 30.1 Å². The van der Waals surface area contributed by atoms with E-state index in [1.165, 1.54) is 7.11 Å². The normalized spacial score (nSPS) is 22.3. The van der Waals surface area contributed by atoms with Crippen LogP contribution in [0, 0.1) is 5.92 Å². The Kier molecular flexibility index (Phi) is 9.94. The number of nitrogens with zero attached hydrogens (tertiary/aromatic N) is 1. The zero-order valence-electron chi connectivity index (χ0n) is 22.3. The van der Waals surface area contributed by atoms with Crippen molar-refractivity contribution in [1.82, 2.24) is 10.2 Å². The van der Waals surface area contributed by atoms with Gasteiger partial charge in [0.1, 0.15) is 12.2 Å². The van der Waals surface area contributed by atoms with Crippen LogP contribution in [0.1, 0.15) is 51.2 Å². The molecule has 1 aromatic carbocycles. The second-order valence-electron chi connectivity index (χ2n) is 9.98. The van der Waals surface area contributed by atoms with Gasteiger partial charge in [-0.2, -0.15) is 0 Å². The van der Waals surface area contributed by atoms with Crippen molar-refractivity contribution in [1.29, 1.82) is 0 Å². The summed E-state index contributed by atoms with van der Waals surface area (Å²) in [5.74, 6) is -0.788. The molecule has 0 spiro atoms. The van der Waals surface area contributed by atoms with Gasteiger partial charge in [-0.3, -0.25) is 9.59 Å². The van der Waals surface area contributed by atoms with Crippen LogP contribution in [-0.4, -0.2) is 89.8 Å². The summed E-state index contributed by atoms with van der Waals surface area (Å²) >= 11 is 0. The molecule has 1 aromatic rings. The molecular weight excluding hydrogens is 480 g/mol. The number of fused-ring (bicyclic) bond motifs is 3. The van der Waals surface area contributed by atoms with Crippen molar-refractivity contribution in [2.75, 3.05) is 33.4 Å². The van der Waals surface area contributed by atoms with Gasteiger partial charge in [0.05, 0.1) is 38.4 Å². The predicted molar refractivity (Wildman–Crippen MR) is 136 cm³/mol. The van der Waals surface area contributed by atoms with Crippen LogP contribution in [0.15, 0.2) is 23.8 Å². The van der Waals surface area contributed by atoms with E-state index in [4.69, 9.17) is 14.2 Å². The van der Waals surface area contributed by atoms with E-state index in [9.17, 15) is 24.9 Å². The number of carbonyl (C=O) groups is 2. The lowest BCUT2D eigenvalue weighted by Gasteiger charge is -2.41. The summed E-state index contributed by atoms with van der Waals surface area (Å²) in [6.45, 7) is 7.82. The molecule has 0 bridgehead atoms.